The summed E-state index contributed by atoms with van der Waals surface area (Å²) in [6.07, 6.45) is -5.89. The van der Waals surface area contributed by atoms with Gasteiger partial charge >= 0.3 is 12.4 Å². The molecular weight excluding hydrogens is 426 g/mol. The minimum atomic E-state index is -5.25. The molecule has 0 unspecified atom stereocenters. The van der Waals surface area contributed by atoms with Crippen LogP contribution in [0.25, 0.3) is 0 Å². The molecule has 162 valence electrons. The van der Waals surface area contributed by atoms with Crippen molar-refractivity contribution in [1.29, 1.82) is 0 Å². The Morgan fingerprint density at radius 1 is 0.871 bits per heavy atom. The van der Waals surface area contributed by atoms with Crippen LogP contribution in [0.5, 0.6) is 0 Å². The summed E-state index contributed by atoms with van der Waals surface area (Å²) < 4.78 is 78.0. The first-order chi connectivity index (χ1) is 14.6. The van der Waals surface area contributed by atoms with Crippen molar-refractivity contribution in [3.05, 3.63) is 83.3 Å². The second-order valence-corrected chi connectivity index (χ2v) is 6.32. The van der Waals surface area contributed by atoms with E-state index in [9.17, 15) is 31.1 Å². The molecule has 0 aliphatic heterocycles. The van der Waals surface area contributed by atoms with Gasteiger partial charge in [-0.1, -0.05) is 0 Å². The van der Waals surface area contributed by atoms with Crippen LogP contribution in [-0.4, -0.2) is 15.9 Å². The van der Waals surface area contributed by atoms with Crippen LogP contribution in [0.15, 0.2) is 61.1 Å². The van der Waals surface area contributed by atoms with E-state index in [0.717, 1.165) is 11.6 Å². The van der Waals surface area contributed by atoms with Gasteiger partial charge in [-0.3, -0.25) is 9.78 Å². The number of aromatic nitrogens is 2. The molecule has 3 rings (SSSR count). The van der Waals surface area contributed by atoms with Gasteiger partial charge in [-0.2, -0.15) is 26.3 Å². The number of anilines is 2. The van der Waals surface area contributed by atoms with Gasteiger partial charge in [-0.05, 0) is 48.0 Å². The van der Waals surface area contributed by atoms with Crippen LogP contribution in [0.3, 0.4) is 0 Å². The molecule has 5 nitrogen and oxygen atoms in total. The van der Waals surface area contributed by atoms with Crippen molar-refractivity contribution in [2.75, 3.05) is 10.6 Å². The van der Waals surface area contributed by atoms with Gasteiger partial charge in [0.25, 0.3) is 5.91 Å². The first-order valence-electron chi connectivity index (χ1n) is 8.73. The van der Waals surface area contributed by atoms with Crippen LogP contribution in [0, 0.1) is 0 Å². The zero-order valence-corrected chi connectivity index (χ0v) is 15.6. The van der Waals surface area contributed by atoms with Crippen molar-refractivity contribution in [1.82, 2.24) is 9.97 Å². The number of rotatable bonds is 5. The summed E-state index contributed by atoms with van der Waals surface area (Å²) in [4.78, 5) is 20.5. The Bertz CT molecular complexity index is 1070. The van der Waals surface area contributed by atoms with Gasteiger partial charge < -0.3 is 10.6 Å². The molecule has 0 atom stereocenters. The minimum absolute atomic E-state index is 0.00464. The second-order valence-electron chi connectivity index (χ2n) is 6.32. The molecular formula is C20H14F6N4O. The molecule has 31 heavy (non-hydrogen) atoms. The standard InChI is InChI=1S/C20H14F6N4O/c21-19(22,23)15-4-3-13(10-16(15)20(24,25)26)30-18(31)14-2-1-7-28-17(14)29-11-12-5-8-27-9-6-12/h1-10H,11H2,(H,28,29)(H,30,31). The van der Waals surface area contributed by atoms with Crippen molar-refractivity contribution in [2.24, 2.45) is 0 Å². The lowest BCUT2D eigenvalue weighted by atomic mass is 10.1. The summed E-state index contributed by atoms with van der Waals surface area (Å²) in [5, 5.41) is 5.12. The highest BCUT2D eigenvalue weighted by Gasteiger charge is 2.43. The predicted molar refractivity (Wildman–Crippen MR) is 100 cm³/mol. The summed E-state index contributed by atoms with van der Waals surface area (Å²) in [5.41, 5.74) is -3.32. The summed E-state index contributed by atoms with van der Waals surface area (Å²) in [6.45, 7) is 0.290. The molecule has 11 heteroatoms. The van der Waals surface area contributed by atoms with E-state index in [1.54, 1.807) is 24.5 Å². The summed E-state index contributed by atoms with van der Waals surface area (Å²) in [6, 6.07) is 7.58. The fourth-order valence-electron chi connectivity index (χ4n) is 2.72. The van der Waals surface area contributed by atoms with E-state index < -0.39 is 35.1 Å². The monoisotopic (exact) mass is 440 g/mol. The van der Waals surface area contributed by atoms with E-state index >= 15 is 0 Å². The Morgan fingerprint density at radius 2 is 1.55 bits per heavy atom. The molecule has 2 N–H and O–H groups in total. The van der Waals surface area contributed by atoms with Crippen molar-refractivity contribution in [3.8, 4) is 0 Å². The van der Waals surface area contributed by atoms with Gasteiger partial charge in [0, 0.05) is 30.8 Å². The molecule has 0 aliphatic carbocycles. The normalized spacial score (nSPS) is 11.8. The molecule has 3 aromatic rings. The van der Waals surface area contributed by atoms with Gasteiger partial charge in [-0.15, -0.1) is 0 Å². The van der Waals surface area contributed by atoms with Gasteiger partial charge in [-0.25, -0.2) is 4.98 Å². The number of pyridine rings is 2. The van der Waals surface area contributed by atoms with Crippen LogP contribution in [0.4, 0.5) is 37.8 Å². The molecule has 0 radical (unpaired) electrons. The maximum absolute atomic E-state index is 13.1. The van der Waals surface area contributed by atoms with E-state index in [0.29, 0.717) is 0 Å². The predicted octanol–water partition coefficient (Wildman–Crippen LogP) is 5.38. The lowest BCUT2D eigenvalue weighted by Gasteiger charge is -2.17. The fourth-order valence-corrected chi connectivity index (χ4v) is 2.72. The number of nitrogens with one attached hydrogen (secondary N) is 2. The summed E-state index contributed by atoms with van der Waals surface area (Å²) in [7, 11) is 0. The number of amides is 1. The van der Waals surface area contributed by atoms with Gasteiger partial charge in [0.05, 0.1) is 16.7 Å². The third-order valence-corrected chi connectivity index (χ3v) is 4.15. The lowest BCUT2D eigenvalue weighted by molar-refractivity contribution is -0.162. The Morgan fingerprint density at radius 3 is 2.19 bits per heavy atom. The summed E-state index contributed by atoms with van der Waals surface area (Å²) in [5.74, 6) is -0.682. The lowest BCUT2D eigenvalue weighted by Crippen LogP contribution is -2.19. The first kappa shape index (κ1) is 22.1. The molecule has 0 saturated heterocycles. The van der Waals surface area contributed by atoms with Crippen LogP contribution in [0.1, 0.15) is 27.0 Å². The molecule has 1 aromatic carbocycles. The van der Waals surface area contributed by atoms with Crippen LogP contribution >= 0.6 is 0 Å². The number of carbonyl (C=O) groups excluding carboxylic acids is 1. The molecule has 2 aromatic heterocycles. The number of carbonyl (C=O) groups is 1. The topological polar surface area (TPSA) is 66.9 Å². The number of benzene rings is 1. The van der Waals surface area contributed by atoms with E-state index in [1.165, 1.54) is 18.3 Å². The Hall–Kier alpha value is -3.63. The smallest absolute Gasteiger partial charge is 0.365 e. The molecule has 0 fully saturated rings. The molecule has 0 aliphatic rings. The zero-order valence-electron chi connectivity index (χ0n) is 15.6. The van der Waals surface area contributed by atoms with Crippen molar-refractivity contribution >= 4 is 17.4 Å². The van der Waals surface area contributed by atoms with Crippen molar-refractivity contribution < 1.29 is 31.1 Å². The van der Waals surface area contributed by atoms with Crippen molar-refractivity contribution in [2.45, 2.75) is 18.9 Å². The third-order valence-electron chi connectivity index (χ3n) is 4.15. The van der Waals surface area contributed by atoms with E-state index in [-0.39, 0.29) is 30.1 Å². The van der Waals surface area contributed by atoms with Gasteiger partial charge in [0.2, 0.25) is 0 Å². The highest BCUT2D eigenvalue weighted by atomic mass is 19.4. The Labute approximate surface area is 172 Å². The second kappa shape index (κ2) is 8.62. The summed E-state index contributed by atoms with van der Waals surface area (Å²) >= 11 is 0. The number of alkyl halides is 6. The van der Waals surface area contributed by atoms with Gasteiger partial charge in [0.1, 0.15) is 5.82 Å². The van der Waals surface area contributed by atoms with E-state index in [4.69, 9.17) is 0 Å². The largest absolute Gasteiger partial charge is 0.417 e. The number of halogens is 6. The van der Waals surface area contributed by atoms with E-state index in [1.807, 2.05) is 0 Å². The third kappa shape index (κ3) is 5.50. The molecule has 1 amide bonds. The molecule has 0 saturated carbocycles. The van der Waals surface area contributed by atoms with Crippen LogP contribution in [-0.2, 0) is 18.9 Å². The maximum Gasteiger partial charge on any atom is 0.417 e. The zero-order chi connectivity index (χ0) is 22.6. The number of hydrogen-bond acceptors (Lipinski definition) is 4. The Kier molecular flexibility index (Phi) is 6.14. The van der Waals surface area contributed by atoms with E-state index in [2.05, 4.69) is 20.6 Å². The van der Waals surface area contributed by atoms with Crippen molar-refractivity contribution in [3.63, 3.8) is 0 Å². The fraction of sp³-hybridized carbons (Fsp3) is 0.150. The quantitative estimate of drug-likeness (QED) is 0.523. The number of nitrogens with zero attached hydrogens (tertiary/aromatic N) is 2. The average molecular weight is 440 g/mol. The highest BCUT2D eigenvalue weighted by Crippen LogP contribution is 2.41. The van der Waals surface area contributed by atoms with Crippen LogP contribution in [0.2, 0.25) is 0 Å². The molecule has 0 bridgehead atoms. The van der Waals surface area contributed by atoms with Crippen LogP contribution < -0.4 is 10.6 Å². The number of hydrogen-bond donors (Lipinski definition) is 2. The average Bonchev–Trinajstić information content (AvgIpc) is 2.72. The SMILES string of the molecule is O=C(Nc1ccc(C(F)(F)F)c(C(F)(F)F)c1)c1cccnc1NCc1ccncc1. The Balaban J connectivity index is 1.84. The molecule has 2 heterocycles. The highest BCUT2D eigenvalue weighted by molar-refractivity contribution is 6.07. The molecule has 0 spiro atoms. The first-order valence-corrected chi connectivity index (χ1v) is 8.73. The van der Waals surface area contributed by atoms with Gasteiger partial charge in [0.15, 0.2) is 0 Å². The minimum Gasteiger partial charge on any atom is -0.365 e. The maximum atomic E-state index is 13.1.